The van der Waals surface area contributed by atoms with Gasteiger partial charge in [-0.25, -0.2) is 22.9 Å². The van der Waals surface area contributed by atoms with Crippen LogP contribution in [0.15, 0.2) is 47.5 Å². The molecular weight excluding hydrogens is 446 g/mol. The molecule has 0 unspecified atom stereocenters. The second-order valence-corrected chi connectivity index (χ2v) is 9.35. The van der Waals surface area contributed by atoms with Crippen molar-refractivity contribution in [3.8, 4) is 0 Å². The molecule has 2 rings (SSSR count). The Kier molecular flexibility index (Phi) is 9.53. The minimum Gasteiger partial charge on any atom is -0.458 e. The number of esters is 1. The van der Waals surface area contributed by atoms with Gasteiger partial charge in [0.15, 0.2) is 0 Å². The number of unbranched alkanes of at least 4 members (excludes halogenated alkanes) is 3. The SMILES string of the molecule is CCCCCCNC(=O)c1cccc(S(=O)(=O)NC(=O)c2ccc(C(=O)OC(C)C)nc2)c1. The van der Waals surface area contributed by atoms with E-state index in [1.807, 2.05) is 4.72 Å². The molecule has 0 aliphatic carbocycles. The number of nitrogens with one attached hydrogen (secondary N) is 2. The number of benzene rings is 1. The summed E-state index contributed by atoms with van der Waals surface area (Å²) in [6.45, 7) is 5.98. The third-order valence-electron chi connectivity index (χ3n) is 4.53. The maximum Gasteiger partial charge on any atom is 0.357 e. The van der Waals surface area contributed by atoms with E-state index in [1.54, 1.807) is 13.8 Å². The Labute approximate surface area is 194 Å². The third kappa shape index (κ3) is 7.98. The molecule has 0 bridgehead atoms. The van der Waals surface area contributed by atoms with E-state index >= 15 is 0 Å². The van der Waals surface area contributed by atoms with E-state index in [1.165, 1.54) is 36.4 Å². The van der Waals surface area contributed by atoms with E-state index in [0.29, 0.717) is 6.54 Å². The fourth-order valence-electron chi connectivity index (χ4n) is 2.82. The van der Waals surface area contributed by atoms with Crippen molar-refractivity contribution in [2.24, 2.45) is 0 Å². The number of rotatable bonds is 11. The maximum atomic E-state index is 12.7. The summed E-state index contributed by atoms with van der Waals surface area (Å²) < 4.78 is 32.3. The lowest BCUT2D eigenvalue weighted by Gasteiger charge is -2.10. The minimum absolute atomic E-state index is 0.00323. The molecule has 0 saturated heterocycles. The second kappa shape index (κ2) is 12.1. The Morgan fingerprint density at radius 3 is 2.39 bits per heavy atom. The molecule has 0 radical (unpaired) electrons. The van der Waals surface area contributed by atoms with Crippen LogP contribution in [0.5, 0.6) is 0 Å². The molecule has 1 aromatic heterocycles. The zero-order valence-electron chi connectivity index (χ0n) is 19.0. The van der Waals surface area contributed by atoms with Gasteiger partial charge in [0.2, 0.25) is 0 Å². The lowest BCUT2D eigenvalue weighted by molar-refractivity contribution is 0.0370. The highest BCUT2D eigenvalue weighted by Gasteiger charge is 2.21. The van der Waals surface area contributed by atoms with Crippen LogP contribution in [0.1, 0.15) is 77.7 Å². The Morgan fingerprint density at radius 1 is 1.00 bits per heavy atom. The van der Waals surface area contributed by atoms with E-state index < -0.39 is 21.9 Å². The highest BCUT2D eigenvalue weighted by molar-refractivity contribution is 7.90. The summed E-state index contributed by atoms with van der Waals surface area (Å²) in [5.41, 5.74) is 0.118. The fourth-order valence-corrected chi connectivity index (χ4v) is 3.84. The number of nitrogens with zero attached hydrogens (tertiary/aromatic N) is 1. The van der Waals surface area contributed by atoms with Crippen molar-refractivity contribution in [2.75, 3.05) is 6.54 Å². The second-order valence-electron chi connectivity index (χ2n) is 7.67. The average Bonchev–Trinajstić information content (AvgIpc) is 2.78. The van der Waals surface area contributed by atoms with Gasteiger partial charge in [-0.2, -0.15) is 0 Å². The first-order valence-electron chi connectivity index (χ1n) is 10.8. The van der Waals surface area contributed by atoms with Gasteiger partial charge in [-0.3, -0.25) is 9.59 Å². The quantitative estimate of drug-likeness (QED) is 0.377. The van der Waals surface area contributed by atoms with Gasteiger partial charge < -0.3 is 10.1 Å². The number of hydrogen-bond donors (Lipinski definition) is 2. The van der Waals surface area contributed by atoms with Crippen molar-refractivity contribution in [1.82, 2.24) is 15.0 Å². The Hall–Kier alpha value is -3.27. The normalized spacial score (nSPS) is 11.2. The molecule has 10 heteroatoms. The number of amides is 2. The molecule has 2 N–H and O–H groups in total. The molecule has 2 amide bonds. The molecule has 0 atom stereocenters. The summed E-state index contributed by atoms with van der Waals surface area (Å²) in [5.74, 6) is -1.95. The van der Waals surface area contributed by atoms with Gasteiger partial charge in [0.05, 0.1) is 16.6 Å². The predicted molar refractivity (Wildman–Crippen MR) is 122 cm³/mol. The topological polar surface area (TPSA) is 132 Å². The molecule has 0 fully saturated rings. The van der Waals surface area contributed by atoms with Gasteiger partial charge in [0, 0.05) is 18.3 Å². The summed E-state index contributed by atoms with van der Waals surface area (Å²) >= 11 is 0. The largest absolute Gasteiger partial charge is 0.458 e. The lowest BCUT2D eigenvalue weighted by atomic mass is 10.2. The smallest absolute Gasteiger partial charge is 0.357 e. The van der Waals surface area contributed by atoms with Crippen LogP contribution in [-0.4, -0.2) is 43.8 Å². The predicted octanol–water partition coefficient (Wildman–Crippen LogP) is 3.08. The molecule has 0 saturated carbocycles. The minimum atomic E-state index is -4.24. The molecule has 2 aromatic rings. The van der Waals surface area contributed by atoms with Crippen LogP contribution in [0.2, 0.25) is 0 Å². The summed E-state index contributed by atoms with van der Waals surface area (Å²) in [7, 11) is -4.24. The van der Waals surface area contributed by atoms with Gasteiger partial charge in [-0.15, -0.1) is 0 Å². The first-order valence-corrected chi connectivity index (χ1v) is 12.2. The number of sulfonamides is 1. The van der Waals surface area contributed by atoms with E-state index in [2.05, 4.69) is 17.2 Å². The van der Waals surface area contributed by atoms with E-state index in [0.717, 1.165) is 31.9 Å². The molecule has 9 nitrogen and oxygen atoms in total. The van der Waals surface area contributed by atoms with E-state index in [-0.39, 0.29) is 33.7 Å². The number of ether oxygens (including phenoxy) is 1. The van der Waals surface area contributed by atoms with Gasteiger partial charge in [0.1, 0.15) is 5.69 Å². The van der Waals surface area contributed by atoms with Crippen LogP contribution in [0, 0.1) is 0 Å². The van der Waals surface area contributed by atoms with Gasteiger partial charge >= 0.3 is 5.97 Å². The van der Waals surface area contributed by atoms with Gasteiger partial charge in [0.25, 0.3) is 21.8 Å². The van der Waals surface area contributed by atoms with Crippen LogP contribution >= 0.6 is 0 Å². The van der Waals surface area contributed by atoms with Crippen molar-refractivity contribution in [2.45, 2.75) is 57.5 Å². The highest BCUT2D eigenvalue weighted by Crippen LogP contribution is 2.13. The van der Waals surface area contributed by atoms with Gasteiger partial charge in [-0.1, -0.05) is 32.3 Å². The summed E-state index contributed by atoms with van der Waals surface area (Å²) in [5, 5.41) is 2.76. The zero-order chi connectivity index (χ0) is 24.4. The molecule has 1 aromatic carbocycles. The molecule has 33 heavy (non-hydrogen) atoms. The number of pyridine rings is 1. The highest BCUT2D eigenvalue weighted by atomic mass is 32.2. The molecule has 1 heterocycles. The molecule has 0 aliphatic heterocycles. The first kappa shape index (κ1) is 26.0. The number of aromatic nitrogens is 1. The van der Waals surface area contributed by atoms with E-state index in [4.69, 9.17) is 4.74 Å². The third-order valence-corrected chi connectivity index (χ3v) is 5.86. The van der Waals surface area contributed by atoms with Crippen molar-refractivity contribution in [3.63, 3.8) is 0 Å². The van der Waals surface area contributed by atoms with Crippen molar-refractivity contribution in [3.05, 3.63) is 59.4 Å². The molecule has 178 valence electrons. The van der Waals surface area contributed by atoms with E-state index in [9.17, 15) is 22.8 Å². The standard InChI is InChI=1S/C23H29N3O6S/c1-4-5-6-7-13-24-21(27)17-9-8-10-19(14-17)33(30,31)26-22(28)18-11-12-20(25-15-18)23(29)32-16(2)3/h8-12,14-16H,4-7,13H2,1-3H3,(H,24,27)(H,26,28). The van der Waals surface area contributed by atoms with Crippen LogP contribution in [0.25, 0.3) is 0 Å². The number of hydrogen-bond acceptors (Lipinski definition) is 7. The fraction of sp³-hybridized carbons (Fsp3) is 0.391. The number of carbonyl (C=O) groups is 3. The Morgan fingerprint density at radius 2 is 1.76 bits per heavy atom. The first-order chi connectivity index (χ1) is 15.6. The number of carbonyl (C=O) groups excluding carboxylic acids is 3. The van der Waals surface area contributed by atoms with Crippen molar-refractivity contribution < 1.29 is 27.5 Å². The maximum absolute atomic E-state index is 12.7. The summed E-state index contributed by atoms with van der Waals surface area (Å²) in [6.07, 6.45) is 4.78. The molecular formula is C23H29N3O6S. The summed E-state index contributed by atoms with van der Waals surface area (Å²) in [4.78, 5) is 40.2. The van der Waals surface area contributed by atoms with Crippen LogP contribution in [0.3, 0.4) is 0 Å². The molecule has 0 aliphatic rings. The summed E-state index contributed by atoms with van der Waals surface area (Å²) in [6, 6.07) is 7.98. The van der Waals surface area contributed by atoms with Crippen LogP contribution in [-0.2, 0) is 14.8 Å². The zero-order valence-corrected chi connectivity index (χ0v) is 19.8. The van der Waals surface area contributed by atoms with Crippen LogP contribution < -0.4 is 10.0 Å². The average molecular weight is 476 g/mol. The monoisotopic (exact) mass is 475 g/mol. The Bertz CT molecular complexity index is 1080. The molecule has 0 spiro atoms. The van der Waals surface area contributed by atoms with Crippen molar-refractivity contribution in [1.29, 1.82) is 0 Å². The Balaban J connectivity index is 2.05. The van der Waals surface area contributed by atoms with Crippen LogP contribution in [0.4, 0.5) is 0 Å². The van der Waals surface area contributed by atoms with Crippen molar-refractivity contribution >= 4 is 27.8 Å². The van der Waals surface area contributed by atoms with Gasteiger partial charge in [-0.05, 0) is 50.6 Å². The lowest BCUT2D eigenvalue weighted by Crippen LogP contribution is -2.31.